The van der Waals surface area contributed by atoms with Crippen molar-refractivity contribution < 1.29 is 20.1 Å². The number of aliphatic hydroxyl groups excluding tert-OH is 2. The monoisotopic (exact) mass is 632 g/mol. The van der Waals surface area contributed by atoms with Crippen LogP contribution in [-0.2, 0) is 6.54 Å². The Morgan fingerprint density at radius 3 is 1.75 bits per heavy atom. The Morgan fingerprint density at radius 2 is 1.25 bits per heavy atom. The Hall–Kier alpha value is -3.27. The molecule has 0 saturated heterocycles. The lowest BCUT2D eigenvalue weighted by molar-refractivity contribution is -0.698. The molecule has 0 aliphatic rings. The summed E-state index contributed by atoms with van der Waals surface area (Å²) in [4.78, 5) is 4.62. The van der Waals surface area contributed by atoms with Gasteiger partial charge in [-0.15, -0.1) is 0 Å². The second-order valence-electron chi connectivity index (χ2n) is 10.3. The zero-order chi connectivity index (χ0) is 31.4. The van der Waals surface area contributed by atoms with Crippen LogP contribution in [0, 0.1) is 0 Å². The average molecular weight is 633 g/mol. The van der Waals surface area contributed by atoms with Crippen LogP contribution < -0.4 is 19.7 Å². The van der Waals surface area contributed by atoms with Crippen LogP contribution in [0.25, 0.3) is 18.2 Å². The van der Waals surface area contributed by atoms with Crippen molar-refractivity contribution in [2.45, 2.75) is 13.5 Å². The minimum absolute atomic E-state index is 0.149. The summed E-state index contributed by atoms with van der Waals surface area (Å²) in [5.41, 5.74) is 7.08. The highest BCUT2D eigenvalue weighted by molar-refractivity contribution is 8.76. The fourth-order valence-corrected chi connectivity index (χ4v) is 6.32. The number of quaternary nitrogens is 1. The normalized spacial score (nSPS) is 12.2. The van der Waals surface area contributed by atoms with E-state index < -0.39 is 0 Å². The summed E-state index contributed by atoms with van der Waals surface area (Å²) in [6.07, 6.45) is 18.6. The van der Waals surface area contributed by atoms with Crippen LogP contribution in [0.2, 0.25) is 0 Å². The van der Waals surface area contributed by atoms with Crippen molar-refractivity contribution in [2.75, 3.05) is 68.2 Å². The summed E-state index contributed by atoms with van der Waals surface area (Å²) < 4.78 is 1.97. The third kappa shape index (κ3) is 13.2. The maximum Gasteiger partial charge on any atom is 0.171 e. The van der Waals surface area contributed by atoms with E-state index in [4.69, 9.17) is 10.2 Å². The summed E-state index contributed by atoms with van der Waals surface area (Å²) in [6, 6.07) is 21.5. The second-order valence-corrected chi connectivity index (χ2v) is 13.0. The van der Waals surface area contributed by atoms with Crippen molar-refractivity contribution in [1.82, 2.24) is 0 Å². The van der Waals surface area contributed by atoms with Gasteiger partial charge in [-0.25, -0.2) is 4.57 Å². The predicted molar refractivity (Wildman–Crippen MR) is 193 cm³/mol. The zero-order valence-corrected chi connectivity index (χ0v) is 27.9. The van der Waals surface area contributed by atoms with Gasteiger partial charge in [-0.2, -0.15) is 0 Å². The Balaban J connectivity index is 1.32. The molecule has 0 fully saturated rings. The van der Waals surface area contributed by atoms with Gasteiger partial charge in [-0.05, 0) is 59.5 Å². The van der Waals surface area contributed by atoms with Crippen LogP contribution in [0.5, 0.6) is 0 Å². The fourth-order valence-electron chi connectivity index (χ4n) is 4.23. The molecular weight excluding hydrogens is 585 g/mol. The lowest BCUT2D eigenvalue weighted by atomic mass is 10.1. The first-order valence-electron chi connectivity index (χ1n) is 15.1. The topological polar surface area (TPSA) is 67.4 Å². The third-order valence-electron chi connectivity index (χ3n) is 7.04. The van der Waals surface area contributed by atoms with Crippen LogP contribution in [0.3, 0.4) is 0 Å². The molecule has 0 aliphatic heterocycles. The third-order valence-corrected chi connectivity index (χ3v) is 9.40. The number of nitrogens with two attached hydrogens (primary N) is 1. The van der Waals surface area contributed by atoms with Gasteiger partial charge in [-0.3, -0.25) is 0 Å². The quantitative estimate of drug-likeness (QED) is 0.0738. The van der Waals surface area contributed by atoms with Crippen molar-refractivity contribution in [3.05, 3.63) is 120 Å². The van der Waals surface area contributed by atoms with E-state index in [0.29, 0.717) is 13.1 Å². The molecule has 0 unspecified atom stereocenters. The number of hydrogen-bond donors (Lipinski definition) is 3. The van der Waals surface area contributed by atoms with Crippen molar-refractivity contribution in [1.29, 1.82) is 0 Å². The summed E-state index contributed by atoms with van der Waals surface area (Å²) in [5.74, 6) is 2.14. The Kier molecular flexibility index (Phi) is 16.5. The predicted octanol–water partition coefficient (Wildman–Crippen LogP) is 5.12. The Morgan fingerprint density at radius 1 is 0.727 bits per heavy atom. The van der Waals surface area contributed by atoms with Gasteiger partial charge >= 0.3 is 0 Å². The molecule has 0 radical (unpaired) electrons. The van der Waals surface area contributed by atoms with Crippen LogP contribution in [0.15, 0.2) is 103 Å². The van der Waals surface area contributed by atoms with Gasteiger partial charge in [0.25, 0.3) is 0 Å². The van der Waals surface area contributed by atoms with Gasteiger partial charge in [-0.1, -0.05) is 76.2 Å². The number of hydrogen-bond acceptors (Lipinski definition) is 6. The maximum absolute atomic E-state index is 9.05. The molecule has 6 nitrogen and oxygen atoms in total. The number of rotatable bonds is 19. The van der Waals surface area contributed by atoms with E-state index in [1.807, 2.05) is 57.0 Å². The molecule has 2 aromatic carbocycles. The van der Waals surface area contributed by atoms with Crippen molar-refractivity contribution in [2.24, 2.45) is 0 Å². The van der Waals surface area contributed by atoms with Crippen molar-refractivity contribution in [3.8, 4) is 0 Å². The van der Waals surface area contributed by atoms with E-state index in [-0.39, 0.29) is 13.2 Å². The second kappa shape index (κ2) is 20.6. The molecule has 8 heteroatoms. The minimum Gasteiger partial charge on any atom is -0.391 e. The average Bonchev–Trinajstić information content (AvgIpc) is 3.06. The van der Waals surface area contributed by atoms with Gasteiger partial charge in [0, 0.05) is 62.2 Å². The summed E-state index contributed by atoms with van der Waals surface area (Å²) in [7, 11) is 8.18. The van der Waals surface area contributed by atoms with Crippen LogP contribution in [0.4, 0.5) is 11.4 Å². The van der Waals surface area contributed by atoms with Gasteiger partial charge < -0.3 is 25.3 Å². The van der Waals surface area contributed by atoms with Gasteiger partial charge in [0.05, 0.1) is 12.8 Å². The molecule has 3 aromatic rings. The van der Waals surface area contributed by atoms with Crippen molar-refractivity contribution >= 4 is 51.2 Å². The molecule has 0 amide bonds. The van der Waals surface area contributed by atoms with Crippen LogP contribution in [0.1, 0.15) is 23.6 Å². The molecule has 44 heavy (non-hydrogen) atoms. The molecule has 3 rings (SSSR count). The number of aromatic nitrogens is 1. The first-order chi connectivity index (χ1) is 21.5. The largest absolute Gasteiger partial charge is 0.391 e. The summed E-state index contributed by atoms with van der Waals surface area (Å²) >= 11 is 0. The number of anilines is 2. The van der Waals surface area contributed by atoms with Crippen LogP contribution in [-0.4, -0.2) is 68.7 Å². The van der Waals surface area contributed by atoms with Crippen molar-refractivity contribution in [3.63, 3.8) is 0 Å². The number of aliphatic hydroxyl groups is 2. The molecule has 1 aromatic heterocycles. The number of benzene rings is 2. The standard InChI is InChI=1S/C36H47N4O2S2/c1-4-31(17-20-37-21-27-41)5-6-32-9-13-35(14-10-32)38(2)25-29-43-44-30-26-39(3)36-15-11-33(12-16-36)7-8-34-18-22-40(23-19-34)24-28-42/h4-20,22-23,37,41-42H,21,24-30H2,1-3H3/q+1/p+1/b6-5+,20-17-,31-4-. The zero-order valence-electron chi connectivity index (χ0n) is 26.3. The summed E-state index contributed by atoms with van der Waals surface area (Å²) in [6.45, 7) is 5.66. The smallest absolute Gasteiger partial charge is 0.171 e. The SMILES string of the molecule is C/C=C(\C=C/[NH2+]CCO)/C=C/c1ccc(N(C)CCSSCCN(C)c2ccc(/C=C/c3cc[n+](CCO)cc3)cc2)cc1. The maximum atomic E-state index is 9.05. The van der Waals surface area contributed by atoms with E-state index >= 15 is 0 Å². The first-order valence-corrected chi connectivity index (χ1v) is 17.6. The molecule has 1 heterocycles. The van der Waals surface area contributed by atoms with Crippen LogP contribution >= 0.6 is 21.6 Å². The van der Waals surface area contributed by atoms with Gasteiger partial charge in [0.2, 0.25) is 0 Å². The first kappa shape index (κ1) is 35.2. The van der Waals surface area contributed by atoms with E-state index in [0.717, 1.165) is 35.7 Å². The molecule has 0 bridgehead atoms. The Bertz CT molecular complexity index is 1340. The molecule has 0 spiro atoms. The minimum atomic E-state index is 0.149. The molecule has 4 N–H and O–H groups in total. The van der Waals surface area contributed by atoms with E-state index in [1.165, 1.54) is 22.5 Å². The van der Waals surface area contributed by atoms with E-state index in [9.17, 15) is 0 Å². The fraction of sp³-hybridized carbons (Fsp3) is 0.306. The van der Waals surface area contributed by atoms with E-state index in [2.05, 4.69) is 121 Å². The number of pyridine rings is 1. The Labute approximate surface area is 271 Å². The highest BCUT2D eigenvalue weighted by Crippen LogP contribution is 2.24. The molecule has 0 aliphatic carbocycles. The molecule has 0 saturated carbocycles. The highest BCUT2D eigenvalue weighted by atomic mass is 33.1. The number of nitrogens with zero attached hydrogens (tertiary/aromatic N) is 3. The van der Waals surface area contributed by atoms with Gasteiger partial charge in [0.1, 0.15) is 13.2 Å². The highest BCUT2D eigenvalue weighted by Gasteiger charge is 2.04. The van der Waals surface area contributed by atoms with E-state index in [1.54, 1.807) is 0 Å². The molecule has 0 atom stereocenters. The molecular formula is C36H48N4O2S2+2. The summed E-state index contributed by atoms with van der Waals surface area (Å²) in [5, 5.41) is 19.9. The lowest BCUT2D eigenvalue weighted by Crippen LogP contribution is -2.79. The lowest BCUT2D eigenvalue weighted by Gasteiger charge is -2.20. The number of allylic oxidation sites excluding steroid dienone is 4. The van der Waals surface area contributed by atoms with Gasteiger partial charge in [0.15, 0.2) is 18.9 Å². The molecule has 234 valence electrons.